The number of halogens is 1. The minimum atomic E-state index is -0.877. The Balaban J connectivity index is 1.90. The lowest BCUT2D eigenvalue weighted by atomic mass is 9.98. The Hall–Kier alpha value is -3.32. The molecule has 1 unspecified atom stereocenters. The average Bonchev–Trinajstić information content (AvgIpc) is 3.30. The molecule has 1 aliphatic heterocycles. The van der Waals surface area contributed by atoms with E-state index in [2.05, 4.69) is 15.9 Å². The first-order chi connectivity index (χ1) is 15.2. The second-order valence-corrected chi connectivity index (χ2v) is 8.85. The predicted molar refractivity (Wildman–Crippen MR) is 128 cm³/mol. The van der Waals surface area contributed by atoms with Crippen molar-refractivity contribution in [1.82, 2.24) is 0 Å². The standard InChI is InChI=1S/C25H23BrN2O4/c1-14-13-16(6-11-19(14)26)23(29)21-22(20-12-5-15(2)32-20)28(25(31)24(21)30)18-9-7-17(8-10-18)27(3)4/h5-13,22,29H,1-4H3/b23-21-. The van der Waals surface area contributed by atoms with Crippen LogP contribution in [0.3, 0.4) is 0 Å². The van der Waals surface area contributed by atoms with Crippen molar-refractivity contribution in [3.8, 4) is 0 Å². The van der Waals surface area contributed by atoms with Crippen molar-refractivity contribution < 1.29 is 19.1 Å². The number of aliphatic hydroxyl groups excluding tert-OH is 1. The Bertz CT molecular complexity index is 1240. The van der Waals surface area contributed by atoms with Gasteiger partial charge in [0.15, 0.2) is 0 Å². The van der Waals surface area contributed by atoms with Crippen LogP contribution in [0, 0.1) is 13.8 Å². The van der Waals surface area contributed by atoms with Gasteiger partial charge in [0.2, 0.25) is 0 Å². The molecule has 7 heteroatoms. The highest BCUT2D eigenvalue weighted by Gasteiger charge is 2.48. The Kier molecular flexibility index (Phi) is 5.69. The number of Topliss-reactive ketones (excluding diaryl/α,β-unsaturated/α-hetero) is 1. The first kappa shape index (κ1) is 21.9. The van der Waals surface area contributed by atoms with Crippen LogP contribution in [0.15, 0.2) is 69.1 Å². The summed E-state index contributed by atoms with van der Waals surface area (Å²) in [7, 11) is 3.85. The molecule has 1 aromatic heterocycles. The fraction of sp³-hybridized carbons (Fsp3) is 0.200. The third kappa shape index (κ3) is 3.73. The Labute approximate surface area is 194 Å². The molecule has 1 amide bonds. The topological polar surface area (TPSA) is 74.0 Å². The minimum absolute atomic E-state index is 0.00255. The van der Waals surface area contributed by atoms with Crippen LogP contribution in [0.25, 0.3) is 5.76 Å². The van der Waals surface area contributed by atoms with Crippen molar-refractivity contribution in [3.05, 3.63) is 87.3 Å². The number of rotatable bonds is 4. The van der Waals surface area contributed by atoms with E-state index >= 15 is 0 Å². The minimum Gasteiger partial charge on any atom is -0.507 e. The van der Waals surface area contributed by atoms with Crippen molar-refractivity contribution >= 4 is 44.8 Å². The van der Waals surface area contributed by atoms with Gasteiger partial charge in [0, 0.05) is 35.5 Å². The molecule has 4 rings (SSSR count). The van der Waals surface area contributed by atoms with Crippen LogP contribution < -0.4 is 9.80 Å². The van der Waals surface area contributed by atoms with E-state index in [9.17, 15) is 14.7 Å². The number of hydrogen-bond donors (Lipinski definition) is 1. The van der Waals surface area contributed by atoms with Gasteiger partial charge in [-0.15, -0.1) is 0 Å². The lowest BCUT2D eigenvalue weighted by Gasteiger charge is -2.24. The summed E-state index contributed by atoms with van der Waals surface area (Å²) in [6.45, 7) is 3.68. The quantitative estimate of drug-likeness (QED) is 0.300. The highest BCUT2D eigenvalue weighted by molar-refractivity contribution is 9.10. The summed E-state index contributed by atoms with van der Waals surface area (Å²) in [5, 5.41) is 11.2. The maximum absolute atomic E-state index is 13.2. The molecule has 3 aromatic rings. The highest BCUT2D eigenvalue weighted by atomic mass is 79.9. The van der Waals surface area contributed by atoms with Crippen LogP contribution in [0.5, 0.6) is 0 Å². The summed E-state index contributed by atoms with van der Waals surface area (Å²) in [4.78, 5) is 29.6. The number of anilines is 2. The lowest BCUT2D eigenvalue weighted by Crippen LogP contribution is -2.29. The second-order valence-electron chi connectivity index (χ2n) is 7.99. The molecule has 2 heterocycles. The van der Waals surface area contributed by atoms with Gasteiger partial charge in [0.25, 0.3) is 11.7 Å². The van der Waals surface area contributed by atoms with Crippen LogP contribution in [0.1, 0.15) is 28.7 Å². The molecule has 1 atom stereocenters. The number of aliphatic hydroxyl groups is 1. The molecule has 1 fully saturated rings. The molecule has 0 radical (unpaired) electrons. The SMILES string of the molecule is Cc1ccc(C2/C(=C(/O)c3ccc(Br)c(C)c3)C(=O)C(=O)N2c2ccc(N(C)C)cc2)o1. The van der Waals surface area contributed by atoms with Crippen LogP contribution in [0.4, 0.5) is 11.4 Å². The van der Waals surface area contributed by atoms with Gasteiger partial charge in [-0.1, -0.05) is 22.0 Å². The molecule has 1 aliphatic rings. The number of amides is 1. The molecule has 0 aliphatic carbocycles. The number of carbonyl (C=O) groups is 2. The number of carbonyl (C=O) groups excluding carboxylic acids is 2. The normalized spacial score (nSPS) is 17.8. The molecule has 6 nitrogen and oxygen atoms in total. The monoisotopic (exact) mass is 494 g/mol. The molecule has 1 saturated heterocycles. The molecular weight excluding hydrogens is 472 g/mol. The smallest absolute Gasteiger partial charge is 0.300 e. The maximum atomic E-state index is 13.2. The van der Waals surface area contributed by atoms with Gasteiger partial charge in [-0.05, 0) is 67.9 Å². The van der Waals surface area contributed by atoms with Crippen LogP contribution >= 0.6 is 15.9 Å². The van der Waals surface area contributed by atoms with Gasteiger partial charge in [-0.25, -0.2) is 0 Å². The van der Waals surface area contributed by atoms with E-state index in [1.54, 1.807) is 49.4 Å². The summed E-state index contributed by atoms with van der Waals surface area (Å²) < 4.78 is 6.71. The summed E-state index contributed by atoms with van der Waals surface area (Å²) in [6, 6.07) is 15.2. The van der Waals surface area contributed by atoms with Crippen molar-refractivity contribution in [3.63, 3.8) is 0 Å². The summed E-state index contributed by atoms with van der Waals surface area (Å²) in [5.74, 6) is -0.636. The number of ketones is 1. The van der Waals surface area contributed by atoms with Gasteiger partial charge in [-0.3, -0.25) is 14.5 Å². The zero-order valence-electron chi connectivity index (χ0n) is 18.2. The van der Waals surface area contributed by atoms with Gasteiger partial charge in [0.05, 0.1) is 5.57 Å². The predicted octanol–water partition coefficient (Wildman–Crippen LogP) is 5.35. The van der Waals surface area contributed by atoms with Crippen LogP contribution in [-0.2, 0) is 9.59 Å². The molecule has 32 heavy (non-hydrogen) atoms. The van der Waals surface area contributed by atoms with Crippen molar-refractivity contribution in [2.45, 2.75) is 19.9 Å². The molecule has 1 N–H and O–H groups in total. The van der Waals surface area contributed by atoms with E-state index in [0.717, 1.165) is 15.7 Å². The number of benzene rings is 2. The zero-order valence-corrected chi connectivity index (χ0v) is 19.8. The summed E-state index contributed by atoms with van der Waals surface area (Å²) in [6.07, 6.45) is 0. The van der Waals surface area contributed by atoms with Gasteiger partial charge < -0.3 is 14.4 Å². The number of hydrogen-bond acceptors (Lipinski definition) is 5. The van der Waals surface area contributed by atoms with Gasteiger partial charge in [-0.2, -0.15) is 0 Å². The zero-order chi connectivity index (χ0) is 23.2. The number of aryl methyl sites for hydroxylation is 2. The van der Waals surface area contributed by atoms with Crippen LogP contribution in [0.2, 0.25) is 0 Å². The maximum Gasteiger partial charge on any atom is 0.300 e. The summed E-state index contributed by atoms with van der Waals surface area (Å²) in [5.41, 5.74) is 2.86. The van der Waals surface area contributed by atoms with Crippen molar-refractivity contribution in [1.29, 1.82) is 0 Å². The molecule has 164 valence electrons. The van der Waals surface area contributed by atoms with E-state index in [0.29, 0.717) is 22.8 Å². The first-order valence-electron chi connectivity index (χ1n) is 10.1. The van der Waals surface area contributed by atoms with Crippen molar-refractivity contribution in [2.75, 3.05) is 23.9 Å². The first-order valence-corrected chi connectivity index (χ1v) is 10.9. The largest absolute Gasteiger partial charge is 0.507 e. The second kappa shape index (κ2) is 8.31. The molecule has 0 bridgehead atoms. The van der Waals surface area contributed by atoms with E-state index < -0.39 is 17.7 Å². The van der Waals surface area contributed by atoms with Gasteiger partial charge in [0.1, 0.15) is 23.3 Å². The Morgan fingerprint density at radius 3 is 2.28 bits per heavy atom. The molecule has 0 spiro atoms. The average molecular weight is 495 g/mol. The summed E-state index contributed by atoms with van der Waals surface area (Å²) >= 11 is 3.45. The Morgan fingerprint density at radius 1 is 1.03 bits per heavy atom. The van der Waals surface area contributed by atoms with Crippen molar-refractivity contribution in [2.24, 2.45) is 0 Å². The number of furan rings is 1. The molecular formula is C25H23BrN2O4. The third-order valence-corrected chi connectivity index (χ3v) is 6.44. The van der Waals surface area contributed by atoms with Crippen LogP contribution in [-0.4, -0.2) is 30.9 Å². The Morgan fingerprint density at radius 2 is 1.72 bits per heavy atom. The van der Waals surface area contributed by atoms with E-state index in [4.69, 9.17) is 4.42 Å². The van der Waals surface area contributed by atoms with Gasteiger partial charge >= 0.3 is 0 Å². The lowest BCUT2D eigenvalue weighted by molar-refractivity contribution is -0.132. The fourth-order valence-corrected chi connectivity index (χ4v) is 4.07. The molecule has 2 aromatic carbocycles. The molecule has 0 saturated carbocycles. The highest BCUT2D eigenvalue weighted by Crippen LogP contribution is 2.43. The van der Waals surface area contributed by atoms with E-state index in [-0.39, 0.29) is 11.3 Å². The number of nitrogens with zero attached hydrogens (tertiary/aromatic N) is 2. The third-order valence-electron chi connectivity index (χ3n) is 5.55. The fourth-order valence-electron chi connectivity index (χ4n) is 3.83. The van der Waals surface area contributed by atoms with E-state index in [1.165, 1.54) is 4.90 Å². The van der Waals surface area contributed by atoms with E-state index in [1.807, 2.05) is 38.1 Å².